The van der Waals surface area contributed by atoms with Crippen molar-refractivity contribution in [3.63, 3.8) is 0 Å². The molecular formula is C12H25N. The monoisotopic (exact) mass is 183 g/mol. The Bertz CT molecular complexity index is 136. The summed E-state index contributed by atoms with van der Waals surface area (Å²) in [5.74, 6) is 0.863. The van der Waals surface area contributed by atoms with Crippen molar-refractivity contribution in [1.82, 2.24) is 0 Å². The van der Waals surface area contributed by atoms with Gasteiger partial charge in [-0.3, -0.25) is 0 Å². The first-order valence-electron chi connectivity index (χ1n) is 5.95. The van der Waals surface area contributed by atoms with Gasteiger partial charge in [-0.15, -0.1) is 0 Å². The predicted octanol–water partition coefficient (Wildman–Crippen LogP) is 3.47. The highest BCUT2D eigenvalue weighted by molar-refractivity contribution is 4.87. The second kappa shape index (κ2) is 4.99. The molecule has 0 saturated heterocycles. The van der Waals surface area contributed by atoms with Gasteiger partial charge in [-0.25, -0.2) is 0 Å². The van der Waals surface area contributed by atoms with Crippen LogP contribution >= 0.6 is 0 Å². The Morgan fingerprint density at radius 2 is 1.85 bits per heavy atom. The Hall–Kier alpha value is -0.0400. The third-order valence-corrected chi connectivity index (χ3v) is 3.68. The summed E-state index contributed by atoms with van der Waals surface area (Å²) in [6, 6.07) is 0. The molecule has 1 rings (SSSR count). The van der Waals surface area contributed by atoms with Gasteiger partial charge in [0.05, 0.1) is 0 Å². The molecule has 1 aliphatic rings. The van der Waals surface area contributed by atoms with Crippen molar-refractivity contribution in [2.24, 2.45) is 11.7 Å². The van der Waals surface area contributed by atoms with E-state index in [1.165, 1.54) is 51.4 Å². The van der Waals surface area contributed by atoms with Gasteiger partial charge in [0.1, 0.15) is 0 Å². The number of hydrogen-bond acceptors (Lipinski definition) is 1. The van der Waals surface area contributed by atoms with Gasteiger partial charge in [0.2, 0.25) is 0 Å². The van der Waals surface area contributed by atoms with Gasteiger partial charge in [0, 0.05) is 5.54 Å². The molecular weight excluding hydrogens is 158 g/mol. The van der Waals surface area contributed by atoms with Gasteiger partial charge in [-0.1, -0.05) is 39.5 Å². The molecule has 0 aromatic heterocycles. The highest BCUT2D eigenvalue weighted by atomic mass is 14.7. The Morgan fingerprint density at radius 3 is 2.38 bits per heavy atom. The van der Waals surface area contributed by atoms with Crippen LogP contribution in [0, 0.1) is 5.92 Å². The zero-order chi connectivity index (χ0) is 9.73. The highest BCUT2D eigenvalue weighted by Crippen LogP contribution is 2.31. The fourth-order valence-corrected chi connectivity index (χ4v) is 2.24. The van der Waals surface area contributed by atoms with Crippen molar-refractivity contribution >= 4 is 0 Å². The molecule has 1 saturated carbocycles. The van der Waals surface area contributed by atoms with Crippen molar-refractivity contribution in [2.45, 2.75) is 70.8 Å². The van der Waals surface area contributed by atoms with Crippen molar-refractivity contribution in [3.8, 4) is 0 Å². The minimum absolute atomic E-state index is 0.210. The molecule has 0 aromatic carbocycles. The van der Waals surface area contributed by atoms with Gasteiger partial charge < -0.3 is 5.73 Å². The minimum Gasteiger partial charge on any atom is -0.325 e. The maximum Gasteiger partial charge on any atom is 0.0154 e. The SMILES string of the molecule is CCC(C)CCC1(N)CCCCC1. The van der Waals surface area contributed by atoms with Crippen molar-refractivity contribution in [2.75, 3.05) is 0 Å². The minimum atomic E-state index is 0.210. The van der Waals surface area contributed by atoms with E-state index in [0.29, 0.717) is 0 Å². The standard InChI is InChI=1S/C12H25N/c1-3-11(2)7-10-12(13)8-5-4-6-9-12/h11H,3-10,13H2,1-2H3. The number of nitrogens with two attached hydrogens (primary N) is 1. The fourth-order valence-electron chi connectivity index (χ4n) is 2.24. The Labute approximate surface area is 83.1 Å². The molecule has 0 aliphatic heterocycles. The molecule has 0 aromatic rings. The molecule has 13 heavy (non-hydrogen) atoms. The van der Waals surface area contributed by atoms with Crippen LogP contribution in [0.1, 0.15) is 65.2 Å². The lowest BCUT2D eigenvalue weighted by Crippen LogP contribution is -2.41. The van der Waals surface area contributed by atoms with Gasteiger partial charge in [-0.05, 0) is 31.6 Å². The molecule has 1 nitrogen and oxygen atoms in total. The van der Waals surface area contributed by atoms with Gasteiger partial charge in [0.15, 0.2) is 0 Å². The molecule has 0 radical (unpaired) electrons. The zero-order valence-electron chi connectivity index (χ0n) is 9.31. The van der Waals surface area contributed by atoms with Crippen LogP contribution < -0.4 is 5.73 Å². The van der Waals surface area contributed by atoms with E-state index in [1.54, 1.807) is 0 Å². The number of rotatable bonds is 4. The summed E-state index contributed by atoms with van der Waals surface area (Å²) in [6.07, 6.45) is 10.5. The summed E-state index contributed by atoms with van der Waals surface area (Å²) >= 11 is 0. The molecule has 0 spiro atoms. The second-order valence-corrected chi connectivity index (χ2v) is 4.98. The topological polar surface area (TPSA) is 26.0 Å². The largest absolute Gasteiger partial charge is 0.325 e. The average Bonchev–Trinajstić information content (AvgIpc) is 2.15. The Morgan fingerprint density at radius 1 is 1.23 bits per heavy atom. The molecule has 0 amide bonds. The van der Waals surface area contributed by atoms with Crippen molar-refractivity contribution in [3.05, 3.63) is 0 Å². The van der Waals surface area contributed by atoms with Gasteiger partial charge in [0.25, 0.3) is 0 Å². The molecule has 1 aliphatic carbocycles. The van der Waals surface area contributed by atoms with Gasteiger partial charge >= 0.3 is 0 Å². The lowest BCUT2D eigenvalue weighted by atomic mass is 9.78. The van der Waals surface area contributed by atoms with Crippen molar-refractivity contribution in [1.29, 1.82) is 0 Å². The van der Waals surface area contributed by atoms with E-state index >= 15 is 0 Å². The van der Waals surface area contributed by atoms with Crippen molar-refractivity contribution < 1.29 is 0 Å². The maximum atomic E-state index is 6.36. The molecule has 0 bridgehead atoms. The van der Waals surface area contributed by atoms with Crippen LogP contribution in [0.4, 0.5) is 0 Å². The second-order valence-electron chi connectivity index (χ2n) is 4.98. The van der Waals surface area contributed by atoms with Crippen LogP contribution in [-0.4, -0.2) is 5.54 Å². The lowest BCUT2D eigenvalue weighted by molar-refractivity contribution is 0.257. The molecule has 1 heteroatoms. The van der Waals surface area contributed by atoms with Crippen LogP contribution in [0.25, 0.3) is 0 Å². The summed E-state index contributed by atoms with van der Waals surface area (Å²) in [7, 11) is 0. The van der Waals surface area contributed by atoms with Gasteiger partial charge in [-0.2, -0.15) is 0 Å². The molecule has 0 heterocycles. The first kappa shape index (κ1) is 11.0. The van der Waals surface area contributed by atoms with E-state index in [1.807, 2.05) is 0 Å². The summed E-state index contributed by atoms with van der Waals surface area (Å²) in [6.45, 7) is 4.61. The Balaban J connectivity index is 2.24. The van der Waals surface area contributed by atoms with Crippen LogP contribution in [0.3, 0.4) is 0 Å². The first-order valence-corrected chi connectivity index (χ1v) is 5.95. The normalized spacial score (nSPS) is 24.2. The average molecular weight is 183 g/mol. The van der Waals surface area contributed by atoms with Crippen LogP contribution in [0.15, 0.2) is 0 Å². The summed E-state index contributed by atoms with van der Waals surface area (Å²) < 4.78 is 0. The molecule has 2 N–H and O–H groups in total. The van der Waals surface area contributed by atoms with E-state index < -0.39 is 0 Å². The van der Waals surface area contributed by atoms with E-state index in [4.69, 9.17) is 5.73 Å². The first-order chi connectivity index (χ1) is 6.16. The highest BCUT2D eigenvalue weighted by Gasteiger charge is 2.26. The van der Waals surface area contributed by atoms with E-state index in [2.05, 4.69) is 13.8 Å². The third-order valence-electron chi connectivity index (χ3n) is 3.68. The lowest BCUT2D eigenvalue weighted by Gasteiger charge is -2.34. The fraction of sp³-hybridized carbons (Fsp3) is 1.00. The zero-order valence-corrected chi connectivity index (χ0v) is 9.31. The Kier molecular flexibility index (Phi) is 4.24. The molecule has 1 unspecified atom stereocenters. The van der Waals surface area contributed by atoms with E-state index in [0.717, 1.165) is 5.92 Å². The van der Waals surface area contributed by atoms with Crippen LogP contribution in [0.5, 0.6) is 0 Å². The van der Waals surface area contributed by atoms with E-state index in [9.17, 15) is 0 Å². The smallest absolute Gasteiger partial charge is 0.0154 e. The summed E-state index contributed by atoms with van der Waals surface area (Å²) in [5, 5.41) is 0. The predicted molar refractivity (Wildman–Crippen MR) is 58.7 cm³/mol. The molecule has 1 atom stereocenters. The summed E-state index contributed by atoms with van der Waals surface area (Å²) in [4.78, 5) is 0. The van der Waals surface area contributed by atoms with Crippen LogP contribution in [0.2, 0.25) is 0 Å². The maximum absolute atomic E-state index is 6.36. The summed E-state index contributed by atoms with van der Waals surface area (Å²) in [5.41, 5.74) is 6.57. The number of hydrogen-bond donors (Lipinski definition) is 1. The third kappa shape index (κ3) is 3.68. The van der Waals surface area contributed by atoms with E-state index in [-0.39, 0.29) is 5.54 Å². The molecule has 1 fully saturated rings. The quantitative estimate of drug-likeness (QED) is 0.709. The molecule has 78 valence electrons. The van der Waals surface area contributed by atoms with Crippen LogP contribution in [-0.2, 0) is 0 Å².